The van der Waals surface area contributed by atoms with E-state index in [1.54, 1.807) is 6.92 Å². The molecule has 1 fully saturated rings. The number of aryl methyl sites for hydroxylation is 1. The number of benzene rings is 1. The standard InChI is InChI=1S/C16H24FNO/c1-12-4-3-7-16(9-12,11-19)18-10-14-5-6-15(17)13(2)8-14/h5-6,8,12,18-19H,3-4,7,9-11H2,1-2H3. The first kappa shape index (κ1) is 14.5. The molecule has 0 heterocycles. The molecule has 0 aromatic heterocycles. The Labute approximate surface area is 115 Å². The van der Waals surface area contributed by atoms with Crippen LogP contribution in [-0.2, 0) is 6.54 Å². The Hall–Kier alpha value is -0.930. The Morgan fingerprint density at radius 1 is 1.47 bits per heavy atom. The van der Waals surface area contributed by atoms with Crippen molar-refractivity contribution in [3.63, 3.8) is 0 Å². The highest BCUT2D eigenvalue weighted by molar-refractivity contribution is 5.24. The maximum absolute atomic E-state index is 13.2. The molecule has 2 rings (SSSR count). The second kappa shape index (κ2) is 6.02. The fraction of sp³-hybridized carbons (Fsp3) is 0.625. The SMILES string of the molecule is Cc1cc(CNC2(CO)CCCC(C)C2)ccc1F. The Kier molecular flexibility index (Phi) is 4.58. The largest absolute Gasteiger partial charge is 0.394 e. The van der Waals surface area contributed by atoms with E-state index in [4.69, 9.17) is 0 Å². The molecule has 2 N–H and O–H groups in total. The molecule has 2 unspecified atom stereocenters. The van der Waals surface area contributed by atoms with Crippen LogP contribution in [0.5, 0.6) is 0 Å². The van der Waals surface area contributed by atoms with Gasteiger partial charge in [-0.15, -0.1) is 0 Å². The lowest BCUT2D eigenvalue weighted by Crippen LogP contribution is -2.51. The van der Waals surface area contributed by atoms with Gasteiger partial charge in [-0.2, -0.15) is 0 Å². The van der Waals surface area contributed by atoms with Gasteiger partial charge in [0.15, 0.2) is 0 Å². The zero-order chi connectivity index (χ0) is 13.9. The highest BCUT2D eigenvalue weighted by Gasteiger charge is 2.33. The third-order valence-corrected chi connectivity index (χ3v) is 4.28. The van der Waals surface area contributed by atoms with Crippen LogP contribution in [0.4, 0.5) is 4.39 Å². The van der Waals surface area contributed by atoms with E-state index in [1.807, 2.05) is 12.1 Å². The third kappa shape index (κ3) is 3.54. The molecule has 1 aromatic carbocycles. The molecule has 0 radical (unpaired) electrons. The lowest BCUT2D eigenvalue weighted by Gasteiger charge is -2.39. The van der Waals surface area contributed by atoms with Crippen LogP contribution in [0, 0.1) is 18.7 Å². The molecule has 1 aliphatic carbocycles. The Morgan fingerprint density at radius 2 is 2.26 bits per heavy atom. The maximum atomic E-state index is 13.2. The lowest BCUT2D eigenvalue weighted by molar-refractivity contribution is 0.0982. The summed E-state index contributed by atoms with van der Waals surface area (Å²) >= 11 is 0. The molecule has 3 heteroatoms. The van der Waals surface area contributed by atoms with Gasteiger partial charge in [-0.3, -0.25) is 0 Å². The lowest BCUT2D eigenvalue weighted by atomic mass is 9.77. The van der Waals surface area contributed by atoms with Crippen LogP contribution in [0.1, 0.15) is 43.7 Å². The second-order valence-corrected chi connectivity index (χ2v) is 6.08. The van der Waals surface area contributed by atoms with Crippen LogP contribution in [0.25, 0.3) is 0 Å². The molecular weight excluding hydrogens is 241 g/mol. The molecule has 1 aromatic rings. The Bertz CT molecular complexity index is 435. The highest BCUT2D eigenvalue weighted by Crippen LogP contribution is 2.32. The molecule has 19 heavy (non-hydrogen) atoms. The van der Waals surface area contributed by atoms with Gasteiger partial charge in [-0.25, -0.2) is 4.39 Å². The van der Waals surface area contributed by atoms with E-state index < -0.39 is 0 Å². The minimum absolute atomic E-state index is 0.153. The van der Waals surface area contributed by atoms with Gasteiger partial charge in [0.05, 0.1) is 6.61 Å². The van der Waals surface area contributed by atoms with Crippen molar-refractivity contribution in [2.24, 2.45) is 5.92 Å². The maximum Gasteiger partial charge on any atom is 0.126 e. The van der Waals surface area contributed by atoms with Crippen LogP contribution >= 0.6 is 0 Å². The van der Waals surface area contributed by atoms with Crippen LogP contribution in [0.15, 0.2) is 18.2 Å². The summed E-state index contributed by atoms with van der Waals surface area (Å²) in [7, 11) is 0. The molecule has 0 amide bonds. The quantitative estimate of drug-likeness (QED) is 0.876. The van der Waals surface area contributed by atoms with Crippen molar-refractivity contribution in [1.29, 1.82) is 0 Å². The summed E-state index contributed by atoms with van der Waals surface area (Å²) in [6.07, 6.45) is 4.45. The summed E-state index contributed by atoms with van der Waals surface area (Å²) in [6, 6.07) is 5.20. The van der Waals surface area contributed by atoms with Crippen LogP contribution in [0.2, 0.25) is 0 Å². The first-order valence-corrected chi connectivity index (χ1v) is 7.15. The van der Waals surface area contributed by atoms with Crippen molar-refractivity contribution in [2.75, 3.05) is 6.61 Å². The average Bonchev–Trinajstić information content (AvgIpc) is 2.40. The normalized spacial score (nSPS) is 27.5. The van der Waals surface area contributed by atoms with E-state index in [0.717, 1.165) is 24.8 Å². The van der Waals surface area contributed by atoms with Gasteiger partial charge in [0.1, 0.15) is 5.82 Å². The smallest absolute Gasteiger partial charge is 0.126 e. The monoisotopic (exact) mass is 265 g/mol. The fourth-order valence-corrected chi connectivity index (χ4v) is 3.13. The molecular formula is C16H24FNO. The third-order valence-electron chi connectivity index (χ3n) is 4.28. The van der Waals surface area contributed by atoms with Gasteiger partial charge < -0.3 is 10.4 Å². The molecule has 1 saturated carbocycles. The summed E-state index contributed by atoms with van der Waals surface area (Å²) in [5, 5.41) is 13.2. The molecule has 2 atom stereocenters. The number of nitrogens with one attached hydrogen (secondary N) is 1. The predicted molar refractivity (Wildman–Crippen MR) is 75.4 cm³/mol. The Morgan fingerprint density at radius 3 is 2.89 bits per heavy atom. The van der Waals surface area contributed by atoms with E-state index in [-0.39, 0.29) is 18.0 Å². The van der Waals surface area contributed by atoms with Gasteiger partial charge >= 0.3 is 0 Å². The first-order chi connectivity index (χ1) is 9.04. The average molecular weight is 265 g/mol. The first-order valence-electron chi connectivity index (χ1n) is 7.15. The summed E-state index contributed by atoms with van der Waals surface area (Å²) < 4.78 is 13.2. The number of hydrogen-bond donors (Lipinski definition) is 2. The van der Waals surface area contributed by atoms with Crippen molar-refractivity contribution >= 4 is 0 Å². The second-order valence-electron chi connectivity index (χ2n) is 6.08. The number of aliphatic hydroxyl groups excluding tert-OH is 1. The number of halogens is 1. The Balaban J connectivity index is 2.01. The molecule has 0 bridgehead atoms. The fourth-order valence-electron chi connectivity index (χ4n) is 3.13. The molecule has 0 aliphatic heterocycles. The summed E-state index contributed by atoms with van der Waals surface area (Å²) in [5.74, 6) is 0.496. The zero-order valence-corrected chi connectivity index (χ0v) is 11.9. The van der Waals surface area contributed by atoms with E-state index in [0.29, 0.717) is 18.0 Å². The minimum atomic E-state index is -0.160. The van der Waals surface area contributed by atoms with E-state index in [9.17, 15) is 9.50 Å². The van der Waals surface area contributed by atoms with Gasteiger partial charge in [-0.1, -0.05) is 31.9 Å². The van der Waals surface area contributed by atoms with Gasteiger partial charge in [0.2, 0.25) is 0 Å². The van der Waals surface area contributed by atoms with E-state index >= 15 is 0 Å². The topological polar surface area (TPSA) is 32.3 Å². The predicted octanol–water partition coefficient (Wildman–Crippen LogP) is 3.16. The van der Waals surface area contributed by atoms with Gasteiger partial charge in [0.25, 0.3) is 0 Å². The van der Waals surface area contributed by atoms with Crippen molar-refractivity contribution in [1.82, 2.24) is 5.32 Å². The summed E-state index contributed by atoms with van der Waals surface area (Å²) in [5.41, 5.74) is 1.60. The van der Waals surface area contributed by atoms with Gasteiger partial charge in [-0.05, 0) is 42.9 Å². The zero-order valence-electron chi connectivity index (χ0n) is 11.9. The number of aliphatic hydroxyl groups is 1. The molecule has 2 nitrogen and oxygen atoms in total. The van der Waals surface area contributed by atoms with E-state index in [1.165, 1.54) is 12.5 Å². The van der Waals surface area contributed by atoms with Gasteiger partial charge in [0, 0.05) is 12.1 Å². The van der Waals surface area contributed by atoms with Crippen molar-refractivity contribution in [3.05, 3.63) is 35.1 Å². The van der Waals surface area contributed by atoms with Crippen LogP contribution in [0.3, 0.4) is 0 Å². The van der Waals surface area contributed by atoms with E-state index in [2.05, 4.69) is 12.2 Å². The van der Waals surface area contributed by atoms with Crippen molar-refractivity contribution in [2.45, 2.75) is 51.6 Å². The van der Waals surface area contributed by atoms with Crippen molar-refractivity contribution < 1.29 is 9.50 Å². The van der Waals surface area contributed by atoms with Crippen LogP contribution in [-0.4, -0.2) is 17.3 Å². The number of rotatable bonds is 4. The summed E-state index contributed by atoms with van der Waals surface area (Å²) in [4.78, 5) is 0. The molecule has 106 valence electrons. The van der Waals surface area contributed by atoms with Crippen LogP contribution < -0.4 is 5.32 Å². The van der Waals surface area contributed by atoms with Crippen molar-refractivity contribution in [3.8, 4) is 0 Å². The molecule has 0 spiro atoms. The summed E-state index contributed by atoms with van der Waals surface area (Å²) in [6.45, 7) is 4.89. The molecule has 1 aliphatic rings. The minimum Gasteiger partial charge on any atom is -0.394 e. The molecule has 0 saturated heterocycles. The number of hydrogen-bond acceptors (Lipinski definition) is 2. The highest BCUT2D eigenvalue weighted by atomic mass is 19.1.